The van der Waals surface area contributed by atoms with E-state index in [4.69, 9.17) is 5.26 Å². The number of nitrogens with zero attached hydrogens (tertiary/aromatic N) is 4. The number of nitriles is 1. The van der Waals surface area contributed by atoms with Crippen LogP contribution in [0.1, 0.15) is 11.1 Å². The van der Waals surface area contributed by atoms with E-state index in [2.05, 4.69) is 20.8 Å². The third kappa shape index (κ3) is 5.28. The Morgan fingerprint density at radius 3 is 2.79 bits per heavy atom. The molecule has 0 spiro atoms. The molecule has 1 aromatic heterocycles. The van der Waals surface area contributed by atoms with Crippen molar-refractivity contribution in [2.75, 3.05) is 16.4 Å². The highest BCUT2D eigenvalue weighted by atomic mass is 32.2. The number of aryl methyl sites for hydroxylation is 1. The summed E-state index contributed by atoms with van der Waals surface area (Å²) < 4.78 is 0.612. The normalized spacial score (nSPS) is 10.2. The van der Waals surface area contributed by atoms with E-state index >= 15 is 0 Å². The number of para-hydroxylation sites is 1. The van der Waals surface area contributed by atoms with Gasteiger partial charge in [-0.05, 0) is 24.6 Å². The molecule has 0 aliphatic carbocycles. The summed E-state index contributed by atoms with van der Waals surface area (Å²) >= 11 is 2.53. The van der Waals surface area contributed by atoms with Crippen LogP contribution >= 0.6 is 23.1 Å². The Hall–Kier alpha value is -3.49. The van der Waals surface area contributed by atoms with Gasteiger partial charge in [-0.2, -0.15) is 5.26 Å². The van der Waals surface area contributed by atoms with Gasteiger partial charge in [-0.25, -0.2) is 0 Å². The minimum atomic E-state index is -0.597. The second-order valence-corrected chi connectivity index (χ2v) is 7.95. The summed E-state index contributed by atoms with van der Waals surface area (Å²) in [7, 11) is 0. The summed E-state index contributed by atoms with van der Waals surface area (Å²) in [6.07, 6.45) is 0. The largest absolute Gasteiger partial charge is 0.330 e. The van der Waals surface area contributed by atoms with E-state index in [0.717, 1.165) is 17.3 Å². The van der Waals surface area contributed by atoms with E-state index in [1.54, 1.807) is 0 Å². The van der Waals surface area contributed by atoms with Crippen molar-refractivity contribution in [2.24, 2.45) is 0 Å². The monoisotopic (exact) mass is 426 g/mol. The zero-order valence-corrected chi connectivity index (χ0v) is 16.7. The minimum Gasteiger partial charge on any atom is -0.330 e. The molecule has 0 bridgehead atoms. The number of non-ortho nitro benzene ring substituents is 1. The summed E-state index contributed by atoms with van der Waals surface area (Å²) in [6, 6.07) is 13.3. The molecule has 0 saturated heterocycles. The quantitative estimate of drug-likeness (QED) is 0.328. The van der Waals surface area contributed by atoms with Crippen LogP contribution in [-0.2, 0) is 4.79 Å². The first-order chi connectivity index (χ1) is 14.0. The van der Waals surface area contributed by atoms with Crippen LogP contribution in [0, 0.1) is 28.4 Å². The van der Waals surface area contributed by atoms with Crippen molar-refractivity contribution >= 4 is 51.2 Å². The number of amides is 1. The van der Waals surface area contributed by atoms with Crippen LogP contribution < -0.4 is 10.6 Å². The molecule has 3 aromatic rings. The molecule has 11 heteroatoms. The summed E-state index contributed by atoms with van der Waals surface area (Å²) in [5.41, 5.74) is 2.05. The van der Waals surface area contributed by atoms with Crippen LogP contribution in [0.25, 0.3) is 0 Å². The van der Waals surface area contributed by atoms with Gasteiger partial charge in [0.25, 0.3) is 5.69 Å². The van der Waals surface area contributed by atoms with Crippen molar-refractivity contribution in [3.8, 4) is 6.07 Å². The highest BCUT2D eigenvalue weighted by Crippen LogP contribution is 2.29. The van der Waals surface area contributed by atoms with Gasteiger partial charge < -0.3 is 10.6 Å². The van der Waals surface area contributed by atoms with Gasteiger partial charge in [-0.1, -0.05) is 41.3 Å². The molecule has 2 aromatic carbocycles. The second-order valence-electron chi connectivity index (χ2n) is 5.75. The molecule has 29 heavy (non-hydrogen) atoms. The number of aromatic nitrogens is 2. The lowest BCUT2D eigenvalue weighted by atomic mass is 10.1. The Balaban J connectivity index is 1.58. The molecule has 0 atom stereocenters. The van der Waals surface area contributed by atoms with Crippen LogP contribution in [0.5, 0.6) is 0 Å². The van der Waals surface area contributed by atoms with Gasteiger partial charge in [0.05, 0.1) is 21.9 Å². The summed E-state index contributed by atoms with van der Waals surface area (Å²) in [4.78, 5) is 22.4. The second kappa shape index (κ2) is 9.13. The van der Waals surface area contributed by atoms with Gasteiger partial charge in [0.15, 0.2) is 4.34 Å². The van der Waals surface area contributed by atoms with Crippen LogP contribution in [-0.4, -0.2) is 26.8 Å². The van der Waals surface area contributed by atoms with Crippen molar-refractivity contribution in [3.05, 3.63) is 63.7 Å². The molecular weight excluding hydrogens is 412 g/mol. The molecule has 146 valence electrons. The van der Waals surface area contributed by atoms with Gasteiger partial charge in [-0.3, -0.25) is 14.9 Å². The Bertz CT molecular complexity index is 1110. The van der Waals surface area contributed by atoms with Gasteiger partial charge in [-0.15, -0.1) is 10.2 Å². The Morgan fingerprint density at radius 1 is 1.28 bits per heavy atom. The number of nitro benzene ring substituents is 1. The third-order valence-corrected chi connectivity index (χ3v) is 5.70. The van der Waals surface area contributed by atoms with Gasteiger partial charge >= 0.3 is 0 Å². The number of rotatable bonds is 7. The molecule has 0 saturated carbocycles. The maximum absolute atomic E-state index is 12.2. The summed E-state index contributed by atoms with van der Waals surface area (Å²) in [6.45, 7) is 1.98. The lowest BCUT2D eigenvalue weighted by Crippen LogP contribution is -2.15. The Labute approximate surface area is 173 Å². The topological polar surface area (TPSA) is 134 Å². The molecule has 2 N–H and O–H groups in total. The number of nitro groups is 1. The van der Waals surface area contributed by atoms with Gasteiger partial charge in [0.2, 0.25) is 11.0 Å². The smallest absolute Gasteiger partial charge is 0.270 e. The molecule has 9 nitrogen and oxygen atoms in total. The molecule has 1 amide bonds. The maximum atomic E-state index is 12.2. The standard InChI is InChI=1S/C18H14N6O3S2/c1-11-4-2-3-5-14(11)21-17-22-23-18(29-17)28-10-16(25)20-15-7-6-13(24(26)27)8-12(15)9-19/h2-8H,10H2,1H3,(H,20,25)(H,21,22). The van der Waals surface area contributed by atoms with Crippen LogP contribution in [0.3, 0.4) is 0 Å². The van der Waals surface area contributed by atoms with Crippen LogP contribution in [0.4, 0.5) is 22.2 Å². The molecule has 0 radical (unpaired) electrons. The Morgan fingerprint density at radius 2 is 2.07 bits per heavy atom. The van der Waals surface area contributed by atoms with Crippen LogP contribution in [0.15, 0.2) is 46.8 Å². The zero-order chi connectivity index (χ0) is 20.8. The van der Waals surface area contributed by atoms with Crippen molar-refractivity contribution in [2.45, 2.75) is 11.3 Å². The van der Waals surface area contributed by atoms with Crippen molar-refractivity contribution in [1.29, 1.82) is 5.26 Å². The van der Waals surface area contributed by atoms with E-state index < -0.39 is 4.92 Å². The number of carbonyl (C=O) groups excluding carboxylic acids is 1. The van der Waals surface area contributed by atoms with E-state index in [0.29, 0.717) is 9.47 Å². The van der Waals surface area contributed by atoms with Crippen molar-refractivity contribution in [3.63, 3.8) is 0 Å². The molecular formula is C18H14N6O3S2. The highest BCUT2D eigenvalue weighted by molar-refractivity contribution is 8.01. The average Bonchev–Trinajstić information content (AvgIpc) is 3.16. The zero-order valence-electron chi connectivity index (χ0n) is 15.1. The SMILES string of the molecule is Cc1ccccc1Nc1nnc(SCC(=O)Nc2ccc([N+](=O)[O-])cc2C#N)s1. The van der Waals surface area contributed by atoms with Crippen molar-refractivity contribution < 1.29 is 9.72 Å². The average molecular weight is 426 g/mol. The number of carbonyl (C=O) groups is 1. The number of anilines is 3. The number of nitrogens with one attached hydrogen (secondary N) is 2. The van der Waals surface area contributed by atoms with Gasteiger partial charge in [0.1, 0.15) is 6.07 Å². The third-order valence-electron chi connectivity index (χ3n) is 3.73. The number of benzene rings is 2. The van der Waals surface area contributed by atoms with E-state index in [-0.39, 0.29) is 28.6 Å². The molecule has 3 rings (SSSR count). The predicted octanol–water partition coefficient (Wildman–Crippen LogP) is 4.10. The first-order valence-corrected chi connectivity index (χ1v) is 10.0. The Kier molecular flexibility index (Phi) is 6.38. The first-order valence-electron chi connectivity index (χ1n) is 8.23. The van der Waals surface area contributed by atoms with E-state index in [1.807, 2.05) is 37.3 Å². The first kappa shape index (κ1) is 20.2. The van der Waals surface area contributed by atoms with Crippen molar-refractivity contribution in [1.82, 2.24) is 10.2 Å². The number of thioether (sulfide) groups is 1. The summed E-state index contributed by atoms with van der Waals surface area (Å²) in [5.74, 6) is -0.301. The molecule has 0 fully saturated rings. The molecule has 0 unspecified atom stereocenters. The maximum Gasteiger partial charge on any atom is 0.270 e. The number of hydrogen-bond donors (Lipinski definition) is 2. The minimum absolute atomic E-state index is 0.0261. The van der Waals surface area contributed by atoms with Gasteiger partial charge in [0, 0.05) is 17.8 Å². The fourth-order valence-corrected chi connectivity index (χ4v) is 3.87. The highest BCUT2D eigenvalue weighted by Gasteiger charge is 2.14. The lowest BCUT2D eigenvalue weighted by Gasteiger charge is -2.06. The number of hydrogen-bond acceptors (Lipinski definition) is 9. The fraction of sp³-hybridized carbons (Fsp3) is 0.111. The molecule has 0 aliphatic rings. The lowest BCUT2D eigenvalue weighted by molar-refractivity contribution is -0.384. The fourth-order valence-electron chi connectivity index (χ4n) is 2.31. The molecule has 0 aliphatic heterocycles. The van der Waals surface area contributed by atoms with Crippen LogP contribution in [0.2, 0.25) is 0 Å². The summed E-state index contributed by atoms with van der Waals surface area (Å²) in [5, 5.41) is 34.4. The predicted molar refractivity (Wildman–Crippen MR) is 112 cm³/mol. The van der Waals surface area contributed by atoms with E-state index in [1.165, 1.54) is 35.2 Å². The molecule has 1 heterocycles. The van der Waals surface area contributed by atoms with E-state index in [9.17, 15) is 14.9 Å².